The Hall–Kier alpha value is -2.59. The van der Waals surface area contributed by atoms with E-state index in [9.17, 15) is 23.1 Å². The van der Waals surface area contributed by atoms with Crippen molar-refractivity contribution in [3.63, 3.8) is 0 Å². The van der Waals surface area contributed by atoms with Gasteiger partial charge in [-0.25, -0.2) is 13.2 Å². The van der Waals surface area contributed by atoms with Crippen molar-refractivity contribution in [3.05, 3.63) is 63.8 Å². The van der Waals surface area contributed by atoms with Crippen LogP contribution >= 0.6 is 23.2 Å². The summed E-state index contributed by atoms with van der Waals surface area (Å²) in [6.07, 6.45) is 1.22. The molecule has 1 aliphatic rings. The molecule has 0 fully saturated rings. The molecule has 0 radical (unpaired) electrons. The minimum atomic E-state index is -4.04. The summed E-state index contributed by atoms with van der Waals surface area (Å²) in [5.41, 5.74) is 0.856. The molecule has 3 rings (SSSR count). The number of hydrogen-bond donors (Lipinski definition) is 4. The molecule has 1 unspecified atom stereocenters. The summed E-state index contributed by atoms with van der Waals surface area (Å²) in [6.45, 7) is 1.34. The average molecular weight is 456 g/mol. The van der Waals surface area contributed by atoms with Gasteiger partial charge in [-0.15, -0.1) is 0 Å². The lowest BCUT2D eigenvalue weighted by atomic mass is 10.0. The highest BCUT2D eigenvalue weighted by atomic mass is 35.5. The maximum absolute atomic E-state index is 12.8. The van der Waals surface area contributed by atoms with Crippen LogP contribution in [0.3, 0.4) is 0 Å². The largest absolute Gasteiger partial charge is 0.477 e. The van der Waals surface area contributed by atoms with Crippen LogP contribution in [0.25, 0.3) is 0 Å². The number of anilines is 2. The van der Waals surface area contributed by atoms with E-state index in [1.165, 1.54) is 49.4 Å². The minimum Gasteiger partial charge on any atom is -0.477 e. The van der Waals surface area contributed by atoms with Crippen LogP contribution < -0.4 is 15.4 Å². The first-order chi connectivity index (χ1) is 13.6. The predicted octanol–water partition coefficient (Wildman–Crippen LogP) is 3.37. The van der Waals surface area contributed by atoms with E-state index in [1.807, 2.05) is 0 Å². The van der Waals surface area contributed by atoms with E-state index in [4.69, 9.17) is 23.2 Å². The van der Waals surface area contributed by atoms with Gasteiger partial charge < -0.3 is 15.7 Å². The molecule has 0 aliphatic carbocycles. The smallest absolute Gasteiger partial charge is 0.352 e. The van der Waals surface area contributed by atoms with E-state index >= 15 is 0 Å². The zero-order chi connectivity index (χ0) is 21.3. The first kappa shape index (κ1) is 21.1. The third-order valence-corrected chi connectivity index (χ3v) is 5.99. The number of fused-ring (bicyclic) bond motifs is 1. The number of amides is 1. The fraction of sp³-hybridized carbons (Fsp3) is 0.111. The minimum absolute atomic E-state index is 0.0676. The van der Waals surface area contributed by atoms with E-state index in [0.29, 0.717) is 11.3 Å². The Labute approximate surface area is 176 Å². The molecule has 0 spiro atoms. The number of carboxylic acid groups (broad SMARTS) is 1. The maximum Gasteiger partial charge on any atom is 0.352 e. The molecule has 8 nitrogen and oxygen atoms in total. The predicted molar refractivity (Wildman–Crippen MR) is 110 cm³/mol. The molecule has 2 aromatic rings. The lowest BCUT2D eigenvalue weighted by Gasteiger charge is -2.26. The highest BCUT2D eigenvalue weighted by Gasteiger charge is 2.29. The Bertz CT molecular complexity index is 1130. The lowest BCUT2D eigenvalue weighted by Crippen LogP contribution is -2.31. The first-order valence-electron chi connectivity index (χ1n) is 8.18. The number of carbonyl (C=O) groups excluding carboxylic acids is 1. The fourth-order valence-electron chi connectivity index (χ4n) is 2.81. The van der Waals surface area contributed by atoms with Gasteiger partial charge in [-0.3, -0.25) is 4.79 Å². The molecule has 4 N–H and O–H groups in total. The van der Waals surface area contributed by atoms with Crippen LogP contribution in [0, 0.1) is 0 Å². The van der Waals surface area contributed by atoms with Crippen molar-refractivity contribution in [2.75, 3.05) is 10.6 Å². The van der Waals surface area contributed by atoms with Crippen LogP contribution in [0.5, 0.6) is 0 Å². The normalized spacial score (nSPS) is 15.7. The zero-order valence-electron chi connectivity index (χ0n) is 14.9. The topological polar surface area (TPSA) is 125 Å². The summed E-state index contributed by atoms with van der Waals surface area (Å²) in [7, 11) is -4.04. The van der Waals surface area contributed by atoms with Crippen molar-refractivity contribution in [3.8, 4) is 0 Å². The molecule has 29 heavy (non-hydrogen) atoms. The third-order valence-electron chi connectivity index (χ3n) is 4.01. The molecule has 1 heterocycles. The van der Waals surface area contributed by atoms with Gasteiger partial charge in [0.15, 0.2) is 0 Å². The van der Waals surface area contributed by atoms with Crippen LogP contribution in [-0.4, -0.2) is 25.4 Å². The number of carbonyl (C=O) groups is 2. The number of halogens is 2. The van der Waals surface area contributed by atoms with Gasteiger partial charge >= 0.3 is 5.97 Å². The van der Waals surface area contributed by atoms with Gasteiger partial charge in [-0.2, -0.15) is 4.72 Å². The van der Waals surface area contributed by atoms with Crippen molar-refractivity contribution in [1.29, 1.82) is 0 Å². The van der Waals surface area contributed by atoms with Gasteiger partial charge in [0.2, 0.25) is 15.9 Å². The van der Waals surface area contributed by atoms with Crippen LogP contribution in [0.15, 0.2) is 53.1 Å². The molecular formula is C18H15Cl2N3O5S. The van der Waals surface area contributed by atoms with Crippen molar-refractivity contribution in [2.24, 2.45) is 0 Å². The van der Waals surface area contributed by atoms with Crippen LogP contribution in [0.1, 0.15) is 18.5 Å². The lowest BCUT2D eigenvalue weighted by molar-refractivity contribution is -0.132. The van der Waals surface area contributed by atoms with Crippen LogP contribution in [0.4, 0.5) is 11.4 Å². The Morgan fingerprint density at radius 3 is 2.38 bits per heavy atom. The number of carboxylic acids is 1. The van der Waals surface area contributed by atoms with Gasteiger partial charge in [0.1, 0.15) is 5.70 Å². The molecule has 0 saturated heterocycles. The van der Waals surface area contributed by atoms with Gasteiger partial charge in [0.05, 0.1) is 10.9 Å². The van der Waals surface area contributed by atoms with E-state index < -0.39 is 22.0 Å². The van der Waals surface area contributed by atoms with Crippen molar-refractivity contribution in [1.82, 2.24) is 4.72 Å². The fourth-order valence-corrected chi connectivity index (χ4v) is 4.58. The summed E-state index contributed by atoms with van der Waals surface area (Å²) in [5, 5.41) is 15.0. The molecule has 2 aromatic carbocycles. The Morgan fingerprint density at radius 2 is 1.79 bits per heavy atom. The highest BCUT2D eigenvalue weighted by Crippen LogP contribution is 2.39. The molecule has 152 valence electrons. The Kier molecular flexibility index (Phi) is 5.85. The van der Waals surface area contributed by atoms with E-state index in [0.717, 1.165) is 0 Å². The summed E-state index contributed by atoms with van der Waals surface area (Å²) in [4.78, 5) is 22.5. The van der Waals surface area contributed by atoms with Gasteiger partial charge in [-0.1, -0.05) is 23.2 Å². The molecular weight excluding hydrogens is 441 g/mol. The van der Waals surface area contributed by atoms with Gasteiger partial charge in [0.25, 0.3) is 0 Å². The standard InChI is InChI=1S/C18H15Cl2N3O5S/c1-9(24)21-11-2-4-12(5-3-11)29(27,28)23-15-8-16(18(25)26)22-14-7-10(19)6-13(20)17(14)15/h2-8,15,22-23H,1H3,(H,21,24)(H,25,26). The molecule has 1 atom stereocenters. The van der Waals surface area contributed by atoms with Crippen molar-refractivity contribution >= 4 is 56.5 Å². The molecule has 1 amide bonds. The van der Waals surface area contributed by atoms with E-state index in [-0.39, 0.29) is 32.2 Å². The van der Waals surface area contributed by atoms with Gasteiger partial charge in [-0.05, 0) is 42.5 Å². The maximum atomic E-state index is 12.8. The van der Waals surface area contributed by atoms with Gasteiger partial charge in [0, 0.05) is 33.9 Å². The van der Waals surface area contributed by atoms with Crippen LogP contribution in [-0.2, 0) is 19.6 Å². The molecule has 0 saturated carbocycles. The highest BCUT2D eigenvalue weighted by molar-refractivity contribution is 7.89. The number of benzene rings is 2. The first-order valence-corrected chi connectivity index (χ1v) is 10.4. The summed E-state index contributed by atoms with van der Waals surface area (Å²) in [6, 6.07) is 7.38. The summed E-state index contributed by atoms with van der Waals surface area (Å²) in [5.74, 6) is -1.56. The second kappa shape index (κ2) is 8.03. The molecule has 1 aliphatic heterocycles. The van der Waals surface area contributed by atoms with Crippen molar-refractivity contribution < 1.29 is 23.1 Å². The average Bonchev–Trinajstić information content (AvgIpc) is 2.60. The summed E-state index contributed by atoms with van der Waals surface area (Å²) >= 11 is 12.2. The molecule has 0 bridgehead atoms. The van der Waals surface area contributed by atoms with E-state index in [1.54, 1.807) is 0 Å². The molecule has 11 heteroatoms. The summed E-state index contributed by atoms with van der Waals surface area (Å²) < 4.78 is 28.1. The number of sulfonamides is 1. The number of nitrogens with one attached hydrogen (secondary N) is 3. The Morgan fingerprint density at radius 1 is 1.14 bits per heavy atom. The molecule has 0 aromatic heterocycles. The second-order valence-electron chi connectivity index (χ2n) is 6.16. The number of aliphatic carboxylic acids is 1. The second-order valence-corrected chi connectivity index (χ2v) is 8.72. The van der Waals surface area contributed by atoms with E-state index in [2.05, 4.69) is 15.4 Å². The SMILES string of the molecule is CC(=O)Nc1ccc(S(=O)(=O)NC2C=C(C(=O)O)Nc3cc(Cl)cc(Cl)c32)cc1. The van der Waals surface area contributed by atoms with Crippen molar-refractivity contribution in [2.45, 2.75) is 17.9 Å². The third kappa shape index (κ3) is 4.70. The number of rotatable bonds is 5. The number of hydrogen-bond acceptors (Lipinski definition) is 5. The van der Waals surface area contributed by atoms with Crippen LogP contribution in [0.2, 0.25) is 10.0 Å². The quantitative estimate of drug-likeness (QED) is 0.547. The monoisotopic (exact) mass is 455 g/mol. The zero-order valence-corrected chi connectivity index (χ0v) is 17.2. The Balaban J connectivity index is 1.97.